The molecule has 1 amide bonds. The summed E-state index contributed by atoms with van der Waals surface area (Å²) in [6.45, 7) is 2.62. The molecule has 0 aromatic heterocycles. The lowest BCUT2D eigenvalue weighted by molar-refractivity contribution is -0.121. The number of nitrogens with two attached hydrogens (primary N) is 1. The average molecular weight is 366 g/mol. The number of sulfonamides is 1. The summed E-state index contributed by atoms with van der Waals surface area (Å²) in [4.78, 5) is 11.7. The number of methoxy groups -OCH3 is 1. The van der Waals surface area contributed by atoms with E-state index in [0.717, 1.165) is 5.56 Å². The molecule has 7 nitrogen and oxygen atoms in total. The predicted octanol–water partition coefficient (Wildman–Crippen LogP) is 0.387. The monoisotopic (exact) mass is 365 g/mol. The Kier molecular flexibility index (Phi) is 10.0. The molecule has 132 valence electrons. The van der Waals surface area contributed by atoms with Gasteiger partial charge in [-0.15, -0.1) is 12.4 Å². The van der Waals surface area contributed by atoms with Crippen molar-refractivity contribution in [2.75, 3.05) is 20.3 Å². The molecule has 0 saturated heterocycles. The molecule has 0 radical (unpaired) electrons. The van der Waals surface area contributed by atoms with Gasteiger partial charge in [-0.05, 0) is 24.6 Å². The molecule has 0 bridgehead atoms. The summed E-state index contributed by atoms with van der Waals surface area (Å²) >= 11 is 0. The fourth-order valence-electron chi connectivity index (χ4n) is 1.71. The van der Waals surface area contributed by atoms with Gasteiger partial charge in [0.15, 0.2) is 0 Å². The minimum atomic E-state index is -3.53. The Bertz CT molecular complexity index is 576. The highest BCUT2D eigenvalue weighted by Crippen LogP contribution is 2.10. The molecule has 0 fully saturated rings. The second-order valence-electron chi connectivity index (χ2n) is 4.99. The number of nitrogens with one attached hydrogen (secondary N) is 2. The lowest BCUT2D eigenvalue weighted by atomic mass is 10.2. The van der Waals surface area contributed by atoms with E-state index in [0.29, 0.717) is 13.2 Å². The fourth-order valence-corrected chi connectivity index (χ4v) is 2.73. The lowest BCUT2D eigenvalue weighted by Crippen LogP contribution is -2.29. The first-order valence-corrected chi connectivity index (χ1v) is 8.43. The summed E-state index contributed by atoms with van der Waals surface area (Å²) < 4.78 is 31.1. The fraction of sp³-hybridized carbons (Fsp3) is 0.500. The van der Waals surface area contributed by atoms with Crippen LogP contribution in [0, 0.1) is 0 Å². The quantitative estimate of drug-likeness (QED) is 0.548. The van der Waals surface area contributed by atoms with E-state index in [4.69, 9.17) is 10.5 Å². The summed E-state index contributed by atoms with van der Waals surface area (Å²) in [5.74, 6) is -0.132. The van der Waals surface area contributed by atoms with Gasteiger partial charge in [0.1, 0.15) is 0 Å². The summed E-state index contributed by atoms with van der Waals surface area (Å²) in [7, 11) is -2.03. The van der Waals surface area contributed by atoms with E-state index in [2.05, 4.69) is 10.0 Å². The summed E-state index contributed by atoms with van der Waals surface area (Å²) in [6, 6.07) is 6.14. The van der Waals surface area contributed by atoms with Crippen molar-refractivity contribution < 1.29 is 17.9 Å². The van der Waals surface area contributed by atoms with Crippen LogP contribution in [0.25, 0.3) is 0 Å². The van der Waals surface area contributed by atoms with E-state index < -0.39 is 10.0 Å². The van der Waals surface area contributed by atoms with E-state index in [-0.39, 0.29) is 42.2 Å². The third-order valence-corrected chi connectivity index (χ3v) is 4.31. The first-order valence-electron chi connectivity index (χ1n) is 6.95. The smallest absolute Gasteiger partial charge is 0.240 e. The van der Waals surface area contributed by atoms with Gasteiger partial charge >= 0.3 is 0 Å². The van der Waals surface area contributed by atoms with Crippen LogP contribution in [0.3, 0.4) is 0 Å². The van der Waals surface area contributed by atoms with Crippen molar-refractivity contribution >= 4 is 28.3 Å². The van der Waals surface area contributed by atoms with Crippen LogP contribution in [0.1, 0.15) is 18.9 Å². The predicted molar refractivity (Wildman–Crippen MR) is 90.9 cm³/mol. The van der Waals surface area contributed by atoms with Crippen LogP contribution in [0.5, 0.6) is 0 Å². The molecule has 1 unspecified atom stereocenters. The SMILES string of the molecule is COCCNS(=O)(=O)c1ccc(CNC(=O)CC(C)N)cc1.Cl. The molecule has 1 aromatic rings. The zero-order chi connectivity index (χ0) is 16.6. The Morgan fingerprint density at radius 2 is 1.91 bits per heavy atom. The molecule has 1 rings (SSSR count). The van der Waals surface area contributed by atoms with E-state index in [1.165, 1.54) is 19.2 Å². The number of amides is 1. The molecule has 0 aliphatic rings. The summed E-state index contributed by atoms with van der Waals surface area (Å²) in [5, 5.41) is 2.73. The number of benzene rings is 1. The average Bonchev–Trinajstić information content (AvgIpc) is 2.45. The maximum Gasteiger partial charge on any atom is 0.240 e. The van der Waals surface area contributed by atoms with Crippen molar-refractivity contribution in [1.29, 1.82) is 0 Å². The Balaban J connectivity index is 0.00000484. The Labute approximate surface area is 143 Å². The summed E-state index contributed by atoms with van der Waals surface area (Å²) in [5.41, 5.74) is 6.35. The van der Waals surface area contributed by atoms with E-state index in [1.807, 2.05) is 0 Å². The molecule has 0 aliphatic carbocycles. The van der Waals surface area contributed by atoms with Crippen molar-refractivity contribution in [3.8, 4) is 0 Å². The first kappa shape index (κ1) is 21.8. The molecular weight excluding hydrogens is 342 g/mol. The highest BCUT2D eigenvalue weighted by atomic mass is 35.5. The van der Waals surface area contributed by atoms with Crippen LogP contribution < -0.4 is 15.8 Å². The van der Waals surface area contributed by atoms with Gasteiger partial charge in [-0.1, -0.05) is 12.1 Å². The second-order valence-corrected chi connectivity index (χ2v) is 6.76. The van der Waals surface area contributed by atoms with Gasteiger partial charge in [0, 0.05) is 32.7 Å². The Morgan fingerprint density at radius 1 is 1.30 bits per heavy atom. The number of halogens is 1. The highest BCUT2D eigenvalue weighted by molar-refractivity contribution is 7.89. The lowest BCUT2D eigenvalue weighted by Gasteiger charge is -2.09. The maximum absolute atomic E-state index is 12.0. The van der Waals surface area contributed by atoms with Crippen molar-refractivity contribution in [3.05, 3.63) is 29.8 Å². The number of carbonyl (C=O) groups is 1. The van der Waals surface area contributed by atoms with Crippen LogP contribution in [0.2, 0.25) is 0 Å². The molecule has 9 heteroatoms. The molecule has 0 spiro atoms. The largest absolute Gasteiger partial charge is 0.383 e. The summed E-state index contributed by atoms with van der Waals surface area (Å²) in [6.07, 6.45) is 0.260. The molecule has 1 aromatic carbocycles. The van der Waals surface area contributed by atoms with Crippen molar-refractivity contribution in [2.45, 2.75) is 30.8 Å². The van der Waals surface area contributed by atoms with Crippen LogP contribution in [-0.2, 0) is 26.1 Å². The zero-order valence-corrected chi connectivity index (χ0v) is 14.9. The number of hydrogen-bond acceptors (Lipinski definition) is 5. The second kappa shape index (κ2) is 10.6. The van der Waals surface area contributed by atoms with Gasteiger partial charge < -0.3 is 15.8 Å². The van der Waals surface area contributed by atoms with Crippen molar-refractivity contribution in [3.63, 3.8) is 0 Å². The Hall–Kier alpha value is -1.19. The van der Waals surface area contributed by atoms with Crippen LogP contribution in [0.4, 0.5) is 0 Å². The first-order chi connectivity index (χ1) is 10.3. The van der Waals surface area contributed by atoms with E-state index in [9.17, 15) is 13.2 Å². The molecule has 0 aliphatic heterocycles. The van der Waals surface area contributed by atoms with Gasteiger partial charge in [-0.25, -0.2) is 13.1 Å². The van der Waals surface area contributed by atoms with E-state index in [1.54, 1.807) is 19.1 Å². The Morgan fingerprint density at radius 3 is 2.43 bits per heavy atom. The van der Waals surface area contributed by atoms with Crippen LogP contribution in [0.15, 0.2) is 29.2 Å². The van der Waals surface area contributed by atoms with E-state index >= 15 is 0 Å². The van der Waals surface area contributed by atoms with Crippen LogP contribution in [-0.4, -0.2) is 40.6 Å². The highest BCUT2D eigenvalue weighted by Gasteiger charge is 2.13. The normalized spacial score (nSPS) is 12.3. The van der Waals surface area contributed by atoms with Gasteiger partial charge in [0.25, 0.3) is 0 Å². The number of rotatable bonds is 9. The van der Waals surface area contributed by atoms with Gasteiger partial charge in [-0.2, -0.15) is 0 Å². The van der Waals surface area contributed by atoms with Crippen molar-refractivity contribution in [1.82, 2.24) is 10.0 Å². The zero-order valence-electron chi connectivity index (χ0n) is 13.2. The number of ether oxygens (including phenoxy) is 1. The molecular formula is C14H24ClN3O4S. The molecule has 1 atom stereocenters. The third-order valence-electron chi connectivity index (χ3n) is 2.83. The minimum absolute atomic E-state index is 0. The minimum Gasteiger partial charge on any atom is -0.383 e. The number of carbonyl (C=O) groups excluding carboxylic acids is 1. The third kappa shape index (κ3) is 8.29. The molecule has 23 heavy (non-hydrogen) atoms. The number of hydrogen-bond donors (Lipinski definition) is 3. The van der Waals surface area contributed by atoms with Gasteiger partial charge in [0.2, 0.25) is 15.9 Å². The topological polar surface area (TPSA) is 111 Å². The van der Waals surface area contributed by atoms with Crippen molar-refractivity contribution in [2.24, 2.45) is 5.73 Å². The standard InChI is InChI=1S/C14H23N3O4S.ClH/c1-11(15)9-14(18)16-10-12-3-5-13(6-4-12)22(19,20)17-7-8-21-2;/h3-6,11,17H,7-10,15H2,1-2H3,(H,16,18);1H. The van der Waals surface area contributed by atoms with Crippen LogP contribution >= 0.6 is 12.4 Å². The molecule has 4 N–H and O–H groups in total. The van der Waals surface area contributed by atoms with Gasteiger partial charge in [-0.3, -0.25) is 4.79 Å². The molecule has 0 heterocycles. The maximum atomic E-state index is 12.0. The molecule has 0 saturated carbocycles. The van der Waals surface area contributed by atoms with Gasteiger partial charge in [0.05, 0.1) is 11.5 Å².